The lowest BCUT2D eigenvalue weighted by molar-refractivity contribution is 0.585. The molecule has 4 heterocycles. The van der Waals surface area contributed by atoms with Gasteiger partial charge >= 0.3 is 0 Å². The lowest BCUT2D eigenvalue weighted by Gasteiger charge is -2.19. The molecule has 4 aromatic heterocycles. The number of rotatable bonds is 4. The van der Waals surface area contributed by atoms with Crippen molar-refractivity contribution in [2.45, 2.75) is 26.2 Å². The van der Waals surface area contributed by atoms with Crippen molar-refractivity contribution in [3.63, 3.8) is 0 Å². The first kappa shape index (κ1) is 27.9. The van der Waals surface area contributed by atoms with Crippen molar-refractivity contribution in [1.29, 1.82) is 0 Å². The van der Waals surface area contributed by atoms with E-state index in [9.17, 15) is 4.39 Å². The van der Waals surface area contributed by atoms with Gasteiger partial charge in [-0.05, 0) is 95.4 Å². The zero-order chi connectivity index (χ0) is 31.6. The number of H-pyrrole nitrogens is 1. The Kier molecular flexibility index (Phi) is 6.36. The van der Waals surface area contributed by atoms with Gasteiger partial charge in [0.2, 0.25) is 0 Å². The number of hydrogen-bond acceptors (Lipinski definition) is 2. The third kappa shape index (κ3) is 4.74. The van der Waals surface area contributed by atoms with Crippen molar-refractivity contribution < 1.29 is 8.78 Å². The maximum Gasteiger partial charge on any atom is 0.147 e. The highest BCUT2D eigenvalue weighted by Gasteiger charge is 2.21. The van der Waals surface area contributed by atoms with Crippen LogP contribution in [0.2, 0.25) is 0 Å². The normalized spacial score (nSPS) is 12.0. The van der Waals surface area contributed by atoms with Crippen molar-refractivity contribution in [3.8, 4) is 39.5 Å². The van der Waals surface area contributed by atoms with E-state index in [0.29, 0.717) is 11.1 Å². The van der Waals surface area contributed by atoms with Gasteiger partial charge in [-0.3, -0.25) is 9.55 Å². The highest BCUT2D eigenvalue weighted by Crippen LogP contribution is 2.38. The Labute approximate surface area is 265 Å². The summed E-state index contributed by atoms with van der Waals surface area (Å²) < 4.78 is 31.1. The van der Waals surface area contributed by atoms with Crippen LogP contribution >= 0.6 is 0 Å². The van der Waals surface area contributed by atoms with Crippen LogP contribution < -0.4 is 0 Å². The average Bonchev–Trinajstić information content (AvgIpc) is 3.62. The fourth-order valence-electron chi connectivity index (χ4n) is 6.28. The van der Waals surface area contributed by atoms with Crippen LogP contribution in [0.25, 0.3) is 72.3 Å². The molecule has 0 saturated heterocycles. The Morgan fingerprint density at radius 2 is 1.46 bits per heavy atom. The van der Waals surface area contributed by atoms with E-state index in [1.807, 2.05) is 54.6 Å². The number of pyridine rings is 2. The number of fused-ring (bicyclic) bond motifs is 4. The molecular weight excluding hydrogens is 574 g/mol. The largest absolute Gasteiger partial charge is 0.341 e. The molecule has 4 nitrogen and oxygen atoms in total. The number of aromatic nitrogens is 4. The molecule has 0 aliphatic carbocycles. The summed E-state index contributed by atoms with van der Waals surface area (Å²) in [6.45, 7) is 6.66. The molecule has 1 N–H and O–H groups in total. The molecular formula is C40H30F2N4. The van der Waals surface area contributed by atoms with Crippen molar-refractivity contribution in [3.05, 3.63) is 139 Å². The van der Waals surface area contributed by atoms with Crippen LogP contribution in [-0.2, 0) is 5.41 Å². The standard InChI is InChI=1S/C40H30F2N4/c1-40(2,3)28-11-16-37-32(22-28)31-14-15-36(45-39(31)46(37)38-21-24-8-4-5-10-35(24)44-38)27-19-25(30-13-12-29(41)23-33(30)42)18-26(20-27)34-9-6-7-17-43-34/h4-23,44H,1-3H3. The van der Waals surface area contributed by atoms with E-state index in [1.165, 1.54) is 17.7 Å². The predicted molar refractivity (Wildman–Crippen MR) is 183 cm³/mol. The minimum atomic E-state index is -0.624. The topological polar surface area (TPSA) is 46.5 Å². The highest BCUT2D eigenvalue weighted by molar-refractivity contribution is 6.09. The highest BCUT2D eigenvalue weighted by atomic mass is 19.1. The summed E-state index contributed by atoms with van der Waals surface area (Å²) in [6.07, 6.45) is 1.73. The number of aromatic amines is 1. The molecule has 0 atom stereocenters. The molecule has 0 spiro atoms. The van der Waals surface area contributed by atoms with Gasteiger partial charge in [-0.2, -0.15) is 0 Å². The zero-order valence-electron chi connectivity index (χ0n) is 25.6. The molecule has 6 heteroatoms. The molecule has 0 unspecified atom stereocenters. The summed E-state index contributed by atoms with van der Waals surface area (Å²) in [5.74, 6) is -0.319. The van der Waals surface area contributed by atoms with E-state index < -0.39 is 11.6 Å². The molecule has 0 bridgehead atoms. The Morgan fingerprint density at radius 3 is 2.22 bits per heavy atom. The van der Waals surface area contributed by atoms with Crippen LogP contribution in [0.3, 0.4) is 0 Å². The van der Waals surface area contributed by atoms with E-state index >= 15 is 4.39 Å². The molecule has 46 heavy (non-hydrogen) atoms. The first-order chi connectivity index (χ1) is 22.2. The van der Waals surface area contributed by atoms with Crippen LogP contribution in [0.4, 0.5) is 8.78 Å². The van der Waals surface area contributed by atoms with Gasteiger partial charge in [0, 0.05) is 50.6 Å². The first-order valence-electron chi connectivity index (χ1n) is 15.3. The molecule has 0 aliphatic rings. The van der Waals surface area contributed by atoms with Gasteiger partial charge in [-0.15, -0.1) is 0 Å². The van der Waals surface area contributed by atoms with Gasteiger partial charge in [0.15, 0.2) is 0 Å². The van der Waals surface area contributed by atoms with E-state index in [1.54, 1.807) is 6.20 Å². The predicted octanol–water partition coefficient (Wildman–Crippen LogP) is 10.6. The fraction of sp³-hybridized carbons (Fsp3) is 0.100. The number of para-hydroxylation sites is 1. The third-order valence-electron chi connectivity index (χ3n) is 8.67. The van der Waals surface area contributed by atoms with Gasteiger partial charge in [-0.1, -0.05) is 51.1 Å². The van der Waals surface area contributed by atoms with Crippen LogP contribution in [0.5, 0.6) is 0 Å². The number of halogens is 2. The Bertz CT molecular complexity index is 2400. The molecule has 0 saturated carbocycles. The van der Waals surface area contributed by atoms with Gasteiger partial charge < -0.3 is 4.98 Å². The van der Waals surface area contributed by atoms with Crippen molar-refractivity contribution >= 4 is 32.8 Å². The second-order valence-electron chi connectivity index (χ2n) is 12.8. The lowest BCUT2D eigenvalue weighted by Crippen LogP contribution is -2.10. The zero-order valence-corrected chi connectivity index (χ0v) is 25.6. The summed E-state index contributed by atoms with van der Waals surface area (Å²) >= 11 is 0. The van der Waals surface area contributed by atoms with E-state index in [4.69, 9.17) is 4.98 Å². The SMILES string of the molecule is CC(C)(C)c1ccc2c(c1)c1ccc(-c3cc(-c4ccccn4)cc(-c4ccc(F)cc4F)c3)nc1n2-c1cc2ccccc2[nH]1. The third-order valence-corrected chi connectivity index (χ3v) is 8.67. The monoisotopic (exact) mass is 604 g/mol. The summed E-state index contributed by atoms with van der Waals surface area (Å²) in [7, 11) is 0. The van der Waals surface area contributed by atoms with Crippen LogP contribution in [0.15, 0.2) is 121 Å². The van der Waals surface area contributed by atoms with Gasteiger partial charge in [0.25, 0.3) is 0 Å². The van der Waals surface area contributed by atoms with Gasteiger partial charge in [-0.25, -0.2) is 13.8 Å². The Balaban J connectivity index is 1.39. The fourth-order valence-corrected chi connectivity index (χ4v) is 6.28. The number of nitrogens with zero attached hydrogens (tertiary/aromatic N) is 3. The molecule has 0 aliphatic heterocycles. The summed E-state index contributed by atoms with van der Waals surface area (Å²) in [5, 5.41) is 3.27. The number of nitrogens with one attached hydrogen (secondary N) is 1. The Morgan fingerprint density at radius 1 is 0.674 bits per heavy atom. The molecule has 4 aromatic carbocycles. The second kappa shape index (κ2) is 10.5. The molecule has 8 aromatic rings. The molecule has 8 rings (SSSR count). The smallest absolute Gasteiger partial charge is 0.147 e. The summed E-state index contributed by atoms with van der Waals surface area (Å²) in [5.41, 5.74) is 8.14. The van der Waals surface area contributed by atoms with E-state index in [0.717, 1.165) is 67.2 Å². The second-order valence-corrected chi connectivity index (χ2v) is 12.8. The van der Waals surface area contributed by atoms with Crippen LogP contribution in [0.1, 0.15) is 26.3 Å². The molecule has 224 valence electrons. The molecule has 0 amide bonds. The minimum absolute atomic E-state index is 0.0188. The van der Waals surface area contributed by atoms with Crippen LogP contribution in [0, 0.1) is 11.6 Å². The van der Waals surface area contributed by atoms with Crippen molar-refractivity contribution in [2.24, 2.45) is 0 Å². The van der Waals surface area contributed by atoms with Crippen molar-refractivity contribution in [1.82, 2.24) is 19.5 Å². The minimum Gasteiger partial charge on any atom is -0.341 e. The van der Waals surface area contributed by atoms with Gasteiger partial charge in [0.1, 0.15) is 23.1 Å². The quantitative estimate of drug-likeness (QED) is 0.217. The molecule has 0 radical (unpaired) electrons. The number of benzene rings is 4. The van der Waals surface area contributed by atoms with Crippen molar-refractivity contribution in [2.75, 3.05) is 0 Å². The van der Waals surface area contributed by atoms with Crippen LogP contribution in [-0.4, -0.2) is 19.5 Å². The lowest BCUT2D eigenvalue weighted by atomic mass is 9.86. The number of hydrogen-bond donors (Lipinski definition) is 1. The summed E-state index contributed by atoms with van der Waals surface area (Å²) in [6, 6.07) is 36.3. The average molecular weight is 605 g/mol. The maximum absolute atomic E-state index is 15.1. The summed E-state index contributed by atoms with van der Waals surface area (Å²) in [4.78, 5) is 13.5. The Hall–Kier alpha value is -5.62. The van der Waals surface area contributed by atoms with E-state index in [-0.39, 0.29) is 5.41 Å². The van der Waals surface area contributed by atoms with E-state index in [2.05, 4.69) is 77.8 Å². The first-order valence-corrected chi connectivity index (χ1v) is 15.3. The maximum atomic E-state index is 15.1. The molecule has 0 fully saturated rings. The van der Waals surface area contributed by atoms with Gasteiger partial charge in [0.05, 0.1) is 16.9 Å².